The van der Waals surface area contributed by atoms with Crippen molar-refractivity contribution in [3.8, 4) is 0 Å². The van der Waals surface area contributed by atoms with Gasteiger partial charge in [0.15, 0.2) is 0 Å². The molecule has 0 radical (unpaired) electrons. The summed E-state index contributed by atoms with van der Waals surface area (Å²) in [7, 11) is 0. The topological polar surface area (TPSA) is 57.8 Å². The van der Waals surface area contributed by atoms with E-state index >= 15 is 0 Å². The molecule has 0 aliphatic carbocycles. The summed E-state index contributed by atoms with van der Waals surface area (Å²) >= 11 is 3.17. The zero-order valence-corrected chi connectivity index (χ0v) is 11.2. The van der Waals surface area contributed by atoms with Crippen LogP contribution >= 0.6 is 15.9 Å². The van der Waals surface area contributed by atoms with E-state index in [0.717, 1.165) is 5.56 Å². The van der Waals surface area contributed by atoms with Crippen molar-refractivity contribution in [2.75, 3.05) is 0 Å². The second-order valence-corrected chi connectivity index (χ2v) is 4.71. The largest absolute Gasteiger partial charge is 0.345 e. The first kappa shape index (κ1) is 12.8. The Balaban J connectivity index is 2.12. The Kier molecular flexibility index (Phi) is 3.76. The third kappa shape index (κ3) is 2.76. The molecule has 0 spiro atoms. The van der Waals surface area contributed by atoms with Crippen molar-refractivity contribution in [1.82, 2.24) is 15.5 Å². The van der Waals surface area contributed by atoms with Gasteiger partial charge in [-0.2, -0.15) is 5.10 Å². The molecule has 1 aromatic carbocycles. The van der Waals surface area contributed by atoms with Gasteiger partial charge in [-0.15, -0.1) is 0 Å². The van der Waals surface area contributed by atoms with E-state index in [0.29, 0.717) is 10.0 Å². The number of aromatic nitrogens is 2. The van der Waals surface area contributed by atoms with Gasteiger partial charge in [0.2, 0.25) is 0 Å². The lowest BCUT2D eigenvalue weighted by atomic mass is 10.1. The van der Waals surface area contributed by atoms with E-state index in [1.165, 1.54) is 18.2 Å². The Hall–Kier alpha value is -1.69. The molecule has 2 N–H and O–H groups in total. The first-order valence-corrected chi connectivity index (χ1v) is 6.12. The van der Waals surface area contributed by atoms with Crippen molar-refractivity contribution >= 4 is 21.8 Å². The van der Waals surface area contributed by atoms with Gasteiger partial charge in [0.1, 0.15) is 5.82 Å². The molecule has 2 aromatic rings. The van der Waals surface area contributed by atoms with Crippen molar-refractivity contribution in [1.29, 1.82) is 0 Å². The number of nitrogens with zero attached hydrogens (tertiary/aromatic N) is 1. The number of aromatic amines is 1. The van der Waals surface area contributed by atoms with E-state index < -0.39 is 0 Å². The molecule has 0 aliphatic rings. The third-order valence-electron chi connectivity index (χ3n) is 2.54. The van der Waals surface area contributed by atoms with Gasteiger partial charge in [0.05, 0.1) is 17.8 Å². The zero-order chi connectivity index (χ0) is 13.1. The van der Waals surface area contributed by atoms with Crippen LogP contribution in [0.3, 0.4) is 0 Å². The second-order valence-electron chi connectivity index (χ2n) is 3.85. The molecule has 0 fully saturated rings. The normalized spacial score (nSPS) is 12.2. The van der Waals surface area contributed by atoms with Crippen molar-refractivity contribution in [2.45, 2.75) is 13.0 Å². The Morgan fingerprint density at radius 3 is 2.94 bits per heavy atom. The van der Waals surface area contributed by atoms with Crippen LogP contribution in [0.15, 0.2) is 35.1 Å². The molecule has 1 unspecified atom stereocenters. The first-order chi connectivity index (χ1) is 8.58. The van der Waals surface area contributed by atoms with Crippen LogP contribution in [-0.2, 0) is 0 Å². The highest BCUT2D eigenvalue weighted by atomic mass is 79.9. The van der Waals surface area contributed by atoms with Gasteiger partial charge in [0, 0.05) is 16.2 Å². The Labute approximate surface area is 112 Å². The van der Waals surface area contributed by atoms with Crippen LogP contribution in [0.1, 0.15) is 28.9 Å². The number of nitrogens with one attached hydrogen (secondary N) is 2. The van der Waals surface area contributed by atoms with Gasteiger partial charge in [-0.3, -0.25) is 9.89 Å². The zero-order valence-electron chi connectivity index (χ0n) is 9.58. The van der Waals surface area contributed by atoms with E-state index in [-0.39, 0.29) is 17.8 Å². The van der Waals surface area contributed by atoms with Gasteiger partial charge in [-0.1, -0.05) is 0 Å². The van der Waals surface area contributed by atoms with Gasteiger partial charge >= 0.3 is 0 Å². The van der Waals surface area contributed by atoms with E-state index in [1.807, 2.05) is 6.92 Å². The number of carbonyl (C=O) groups excluding carboxylic acids is 1. The van der Waals surface area contributed by atoms with Gasteiger partial charge in [0.25, 0.3) is 5.91 Å². The molecule has 1 atom stereocenters. The van der Waals surface area contributed by atoms with E-state index in [2.05, 4.69) is 31.4 Å². The lowest BCUT2D eigenvalue weighted by Crippen LogP contribution is -2.26. The van der Waals surface area contributed by atoms with Crippen LogP contribution in [-0.4, -0.2) is 16.1 Å². The summed E-state index contributed by atoms with van der Waals surface area (Å²) in [5, 5.41) is 9.31. The molecule has 94 valence electrons. The summed E-state index contributed by atoms with van der Waals surface area (Å²) in [5.74, 6) is -0.656. The molecule has 1 heterocycles. The van der Waals surface area contributed by atoms with Crippen LogP contribution in [0.2, 0.25) is 0 Å². The predicted octanol–water partition coefficient (Wildman–Crippen LogP) is 2.80. The van der Waals surface area contributed by atoms with Crippen molar-refractivity contribution < 1.29 is 9.18 Å². The molecule has 2 rings (SSSR count). The van der Waals surface area contributed by atoms with Crippen LogP contribution in [0.25, 0.3) is 0 Å². The molecule has 6 heteroatoms. The molecule has 1 aromatic heterocycles. The molecule has 1 amide bonds. The molecular formula is C12H11BrFN3O. The summed E-state index contributed by atoms with van der Waals surface area (Å²) in [6, 6.07) is 3.78. The fourth-order valence-electron chi connectivity index (χ4n) is 1.53. The highest BCUT2D eigenvalue weighted by molar-refractivity contribution is 9.10. The summed E-state index contributed by atoms with van der Waals surface area (Å²) in [6.45, 7) is 1.85. The number of hydrogen-bond donors (Lipinski definition) is 2. The van der Waals surface area contributed by atoms with Crippen LogP contribution < -0.4 is 5.32 Å². The van der Waals surface area contributed by atoms with Crippen molar-refractivity contribution in [3.63, 3.8) is 0 Å². The molecule has 18 heavy (non-hydrogen) atoms. The Morgan fingerprint density at radius 1 is 1.56 bits per heavy atom. The van der Waals surface area contributed by atoms with E-state index in [1.54, 1.807) is 12.4 Å². The first-order valence-electron chi connectivity index (χ1n) is 5.32. The van der Waals surface area contributed by atoms with Crippen molar-refractivity contribution in [2.24, 2.45) is 0 Å². The average Bonchev–Trinajstić information content (AvgIpc) is 2.81. The lowest BCUT2D eigenvalue weighted by molar-refractivity contribution is 0.0939. The fraction of sp³-hybridized carbons (Fsp3) is 0.167. The lowest BCUT2D eigenvalue weighted by Gasteiger charge is -2.12. The number of rotatable bonds is 3. The number of H-pyrrole nitrogens is 1. The van der Waals surface area contributed by atoms with Crippen LogP contribution in [0.4, 0.5) is 4.39 Å². The number of halogens is 2. The SMILES string of the molecule is CC(NC(=O)c1ccc(F)cc1Br)c1cn[nH]c1. The highest BCUT2D eigenvalue weighted by Crippen LogP contribution is 2.19. The molecule has 0 aliphatic heterocycles. The maximum Gasteiger partial charge on any atom is 0.252 e. The minimum atomic E-state index is -0.388. The quantitative estimate of drug-likeness (QED) is 0.915. The number of benzene rings is 1. The van der Waals surface area contributed by atoms with Crippen LogP contribution in [0.5, 0.6) is 0 Å². The maximum atomic E-state index is 12.9. The standard InChI is InChI=1S/C12H11BrFN3O/c1-7(8-5-15-16-6-8)17-12(18)10-3-2-9(14)4-11(10)13/h2-7H,1H3,(H,15,16)(H,17,18). The summed E-state index contributed by atoms with van der Waals surface area (Å²) in [6.07, 6.45) is 3.36. The summed E-state index contributed by atoms with van der Waals surface area (Å²) < 4.78 is 13.4. The smallest absolute Gasteiger partial charge is 0.252 e. The molecule has 0 bridgehead atoms. The molecular weight excluding hydrogens is 301 g/mol. The fourth-order valence-corrected chi connectivity index (χ4v) is 2.06. The predicted molar refractivity (Wildman–Crippen MR) is 68.6 cm³/mol. The molecule has 0 saturated carbocycles. The Bertz CT molecular complexity index is 556. The monoisotopic (exact) mass is 311 g/mol. The second kappa shape index (κ2) is 5.30. The number of amides is 1. The van der Waals surface area contributed by atoms with Gasteiger partial charge < -0.3 is 5.32 Å². The minimum absolute atomic E-state index is 0.173. The molecule has 4 nitrogen and oxygen atoms in total. The summed E-state index contributed by atoms with van der Waals surface area (Å²) in [4.78, 5) is 12.0. The average molecular weight is 312 g/mol. The summed E-state index contributed by atoms with van der Waals surface area (Å²) in [5.41, 5.74) is 1.27. The highest BCUT2D eigenvalue weighted by Gasteiger charge is 2.14. The van der Waals surface area contributed by atoms with Crippen molar-refractivity contribution in [3.05, 3.63) is 52.0 Å². The Morgan fingerprint density at radius 2 is 2.33 bits per heavy atom. The maximum absolute atomic E-state index is 12.9. The van der Waals surface area contributed by atoms with Crippen LogP contribution in [0, 0.1) is 5.82 Å². The van der Waals surface area contributed by atoms with E-state index in [4.69, 9.17) is 0 Å². The van der Waals surface area contributed by atoms with Gasteiger partial charge in [-0.05, 0) is 41.1 Å². The van der Waals surface area contributed by atoms with E-state index in [9.17, 15) is 9.18 Å². The number of carbonyl (C=O) groups is 1. The molecule has 0 saturated heterocycles. The van der Waals surface area contributed by atoms with Gasteiger partial charge in [-0.25, -0.2) is 4.39 Å². The minimum Gasteiger partial charge on any atom is -0.345 e. The number of hydrogen-bond acceptors (Lipinski definition) is 2. The third-order valence-corrected chi connectivity index (χ3v) is 3.20.